The van der Waals surface area contributed by atoms with Crippen molar-refractivity contribution >= 4 is 35.1 Å². The van der Waals surface area contributed by atoms with Gasteiger partial charge in [-0.2, -0.15) is 0 Å². The lowest BCUT2D eigenvalue weighted by Crippen LogP contribution is -2.27. The number of ether oxygens (including phenoxy) is 2. The molecule has 1 fully saturated rings. The molecule has 0 bridgehead atoms. The molecule has 24 heavy (non-hydrogen) atoms. The van der Waals surface area contributed by atoms with Crippen molar-refractivity contribution in [3.63, 3.8) is 0 Å². The monoisotopic (exact) mass is 362 g/mol. The second kappa shape index (κ2) is 7.27. The van der Waals surface area contributed by atoms with Gasteiger partial charge >= 0.3 is 0 Å². The van der Waals surface area contributed by atoms with Gasteiger partial charge in [0.2, 0.25) is 0 Å². The van der Waals surface area contributed by atoms with Crippen LogP contribution in [0.5, 0.6) is 11.5 Å². The van der Waals surface area contributed by atoms with Crippen molar-refractivity contribution in [1.29, 1.82) is 0 Å². The number of aromatic nitrogens is 1. The number of methoxy groups -OCH3 is 2. The fraction of sp³-hybridized carbons (Fsp3) is 0.294. The lowest BCUT2D eigenvalue weighted by molar-refractivity contribution is 0.0824. The Kier molecular flexibility index (Phi) is 5.11. The van der Waals surface area contributed by atoms with Crippen LogP contribution in [0.3, 0.4) is 0 Å². The topological polar surface area (TPSA) is 51.7 Å². The first-order valence-corrected chi connectivity index (χ1v) is 9.30. The smallest absolute Gasteiger partial charge is 0.266 e. The molecular weight excluding hydrogens is 344 g/mol. The highest BCUT2D eigenvalue weighted by Crippen LogP contribution is 2.36. The highest BCUT2D eigenvalue weighted by Gasteiger charge is 2.29. The Hall–Kier alpha value is -1.99. The molecule has 0 spiro atoms. The van der Waals surface area contributed by atoms with E-state index in [0.29, 0.717) is 23.6 Å². The van der Waals surface area contributed by atoms with E-state index < -0.39 is 0 Å². The number of hydrogen-bond acceptors (Lipinski definition) is 6. The molecule has 1 aromatic heterocycles. The zero-order valence-corrected chi connectivity index (χ0v) is 15.4. The predicted octanol–water partition coefficient (Wildman–Crippen LogP) is 3.66. The summed E-state index contributed by atoms with van der Waals surface area (Å²) in [5, 5.41) is 3.90. The minimum atomic E-state index is -0.118. The van der Waals surface area contributed by atoms with Gasteiger partial charge in [0.15, 0.2) is 0 Å². The first kappa shape index (κ1) is 16.9. The number of carbonyl (C=O) groups is 1. The van der Waals surface area contributed by atoms with Gasteiger partial charge in [0.05, 0.1) is 30.0 Å². The number of benzene rings is 1. The second-order valence-corrected chi connectivity index (χ2v) is 7.29. The number of amides is 1. The van der Waals surface area contributed by atoms with Crippen LogP contribution in [-0.4, -0.2) is 42.3 Å². The molecule has 0 N–H and O–H groups in total. The molecule has 2 aromatic rings. The normalized spacial score (nSPS) is 15.8. The molecule has 1 amide bonds. The molecular formula is C17H18N2O3S2. The van der Waals surface area contributed by atoms with Crippen molar-refractivity contribution in [3.8, 4) is 11.5 Å². The molecule has 2 heterocycles. The summed E-state index contributed by atoms with van der Waals surface area (Å²) in [6.45, 7) is 2.62. The minimum absolute atomic E-state index is 0.118. The lowest BCUT2D eigenvalue weighted by atomic mass is 10.1. The summed E-state index contributed by atoms with van der Waals surface area (Å²) in [7, 11) is 3.11. The van der Waals surface area contributed by atoms with E-state index >= 15 is 0 Å². The van der Waals surface area contributed by atoms with Crippen LogP contribution in [0.15, 0.2) is 28.6 Å². The maximum absolute atomic E-state index is 13.1. The Morgan fingerprint density at radius 2 is 2.00 bits per heavy atom. The maximum atomic E-state index is 13.1. The van der Waals surface area contributed by atoms with Crippen LogP contribution in [0.25, 0.3) is 6.08 Å². The van der Waals surface area contributed by atoms with Gasteiger partial charge in [0, 0.05) is 17.7 Å². The van der Waals surface area contributed by atoms with E-state index in [-0.39, 0.29) is 5.91 Å². The van der Waals surface area contributed by atoms with Crippen molar-refractivity contribution in [3.05, 3.63) is 44.9 Å². The third kappa shape index (κ3) is 3.27. The van der Waals surface area contributed by atoms with Crippen LogP contribution < -0.4 is 9.47 Å². The summed E-state index contributed by atoms with van der Waals surface area (Å²) >= 11 is 3.25. The molecule has 0 atom stereocenters. The van der Waals surface area contributed by atoms with Crippen molar-refractivity contribution in [1.82, 2.24) is 9.88 Å². The number of thioether (sulfide) groups is 1. The van der Waals surface area contributed by atoms with Crippen LogP contribution in [0.4, 0.5) is 0 Å². The zero-order chi connectivity index (χ0) is 17.1. The summed E-state index contributed by atoms with van der Waals surface area (Å²) in [6.07, 6.45) is 1.96. The highest BCUT2D eigenvalue weighted by molar-refractivity contribution is 8.03. The number of carbonyl (C=O) groups excluding carboxylic acids is 1. The zero-order valence-electron chi connectivity index (χ0n) is 13.7. The molecule has 0 aliphatic carbocycles. The Morgan fingerprint density at radius 1 is 1.29 bits per heavy atom. The van der Waals surface area contributed by atoms with E-state index in [4.69, 9.17) is 9.47 Å². The maximum Gasteiger partial charge on any atom is 0.266 e. The number of thiazole rings is 1. The molecule has 3 rings (SSSR count). The predicted molar refractivity (Wildman–Crippen MR) is 97.9 cm³/mol. The number of hydrogen-bond donors (Lipinski definition) is 0. The summed E-state index contributed by atoms with van der Waals surface area (Å²) in [4.78, 5) is 19.3. The first-order chi connectivity index (χ1) is 11.6. The number of nitrogens with zero attached hydrogens (tertiary/aromatic N) is 2. The SMILES string of the molecule is COc1cccc(OC)c1C(=O)N1CCS/C1=C/c1csc(C)n1. The largest absolute Gasteiger partial charge is 0.496 e. The molecule has 1 aromatic carbocycles. The van der Waals surface area contributed by atoms with Crippen molar-refractivity contribution < 1.29 is 14.3 Å². The molecule has 0 radical (unpaired) electrons. The van der Waals surface area contributed by atoms with Crippen LogP contribution in [0.1, 0.15) is 21.1 Å². The molecule has 0 unspecified atom stereocenters. The van der Waals surface area contributed by atoms with Gasteiger partial charge < -0.3 is 14.4 Å². The summed E-state index contributed by atoms with van der Waals surface area (Å²) in [6, 6.07) is 5.35. The molecule has 1 aliphatic rings. The quantitative estimate of drug-likeness (QED) is 0.831. The van der Waals surface area contributed by atoms with Gasteiger partial charge in [0.25, 0.3) is 5.91 Å². The number of aryl methyl sites for hydroxylation is 1. The second-order valence-electron chi connectivity index (χ2n) is 5.12. The molecule has 0 saturated carbocycles. The van der Waals surface area contributed by atoms with Crippen molar-refractivity contribution in [2.75, 3.05) is 26.5 Å². The molecule has 1 aliphatic heterocycles. The van der Waals surface area contributed by atoms with Gasteiger partial charge in [-0.3, -0.25) is 4.79 Å². The van der Waals surface area contributed by atoms with E-state index in [1.54, 1.807) is 54.4 Å². The van der Waals surface area contributed by atoms with Gasteiger partial charge in [0.1, 0.15) is 17.1 Å². The summed E-state index contributed by atoms with van der Waals surface area (Å²) in [5.74, 6) is 1.77. The van der Waals surface area contributed by atoms with Crippen molar-refractivity contribution in [2.24, 2.45) is 0 Å². The fourth-order valence-electron chi connectivity index (χ4n) is 2.52. The highest BCUT2D eigenvalue weighted by atomic mass is 32.2. The van der Waals surface area contributed by atoms with E-state index in [0.717, 1.165) is 21.5 Å². The summed E-state index contributed by atoms with van der Waals surface area (Å²) in [5.41, 5.74) is 1.33. The van der Waals surface area contributed by atoms with Crippen LogP contribution in [0.2, 0.25) is 0 Å². The van der Waals surface area contributed by atoms with Crippen LogP contribution >= 0.6 is 23.1 Å². The average molecular weight is 362 g/mol. The van der Waals surface area contributed by atoms with E-state index in [1.807, 2.05) is 24.4 Å². The van der Waals surface area contributed by atoms with Gasteiger partial charge in [-0.25, -0.2) is 4.98 Å². The van der Waals surface area contributed by atoms with Crippen molar-refractivity contribution in [2.45, 2.75) is 6.92 Å². The van der Waals surface area contributed by atoms with Gasteiger partial charge in [-0.15, -0.1) is 23.1 Å². The fourth-order valence-corrected chi connectivity index (χ4v) is 4.11. The average Bonchev–Trinajstić information content (AvgIpc) is 3.22. The third-order valence-electron chi connectivity index (χ3n) is 3.63. The number of rotatable bonds is 4. The van der Waals surface area contributed by atoms with Gasteiger partial charge in [-0.05, 0) is 25.1 Å². The Labute approximate surface area is 149 Å². The van der Waals surface area contributed by atoms with E-state index in [9.17, 15) is 4.79 Å². The minimum Gasteiger partial charge on any atom is -0.496 e. The Morgan fingerprint density at radius 3 is 2.58 bits per heavy atom. The Bertz CT molecular complexity index is 764. The van der Waals surface area contributed by atoms with E-state index in [2.05, 4.69) is 4.98 Å². The first-order valence-electron chi connectivity index (χ1n) is 7.43. The molecule has 1 saturated heterocycles. The van der Waals surface area contributed by atoms with Crippen LogP contribution in [0, 0.1) is 6.92 Å². The molecule has 7 heteroatoms. The Balaban J connectivity index is 1.96. The van der Waals surface area contributed by atoms with E-state index in [1.165, 1.54) is 0 Å². The lowest BCUT2D eigenvalue weighted by Gasteiger charge is -2.20. The molecule has 5 nitrogen and oxygen atoms in total. The van der Waals surface area contributed by atoms with Gasteiger partial charge in [-0.1, -0.05) is 6.07 Å². The third-order valence-corrected chi connectivity index (χ3v) is 5.44. The summed E-state index contributed by atoms with van der Waals surface area (Å²) < 4.78 is 10.7. The molecule has 126 valence electrons. The van der Waals surface area contributed by atoms with Crippen LogP contribution in [-0.2, 0) is 0 Å². The standard InChI is InChI=1S/C17H18N2O3S2/c1-11-18-12(10-24-11)9-15-19(7-8-23-15)17(20)16-13(21-2)5-4-6-14(16)22-3/h4-6,9-10H,7-8H2,1-3H3/b15-9+.